The van der Waals surface area contributed by atoms with Crippen LogP contribution in [0, 0.1) is 0 Å². The molecule has 3 aromatic rings. The number of rotatable bonds is 3. The van der Waals surface area contributed by atoms with E-state index in [1.165, 1.54) is 0 Å². The molecular formula is C17H17NO3. The SMILES string of the molecule is CCOc1ccc2c3cc(OC)ccc(=O)c3n(C)c2c1. The van der Waals surface area contributed by atoms with Crippen molar-refractivity contribution in [2.45, 2.75) is 6.92 Å². The fourth-order valence-corrected chi connectivity index (χ4v) is 2.70. The first-order chi connectivity index (χ1) is 10.2. The molecule has 1 heterocycles. The average molecular weight is 283 g/mol. The highest BCUT2D eigenvalue weighted by Crippen LogP contribution is 2.30. The zero-order valence-electron chi connectivity index (χ0n) is 12.3. The van der Waals surface area contributed by atoms with E-state index in [4.69, 9.17) is 9.47 Å². The summed E-state index contributed by atoms with van der Waals surface area (Å²) in [6.45, 7) is 2.57. The molecule has 0 aliphatic rings. The van der Waals surface area contributed by atoms with Gasteiger partial charge in [-0.05, 0) is 37.3 Å². The first-order valence-electron chi connectivity index (χ1n) is 6.89. The molecule has 0 saturated carbocycles. The van der Waals surface area contributed by atoms with Crippen molar-refractivity contribution in [3.05, 3.63) is 46.6 Å². The summed E-state index contributed by atoms with van der Waals surface area (Å²) in [5, 5.41) is 1.91. The van der Waals surface area contributed by atoms with Crippen molar-refractivity contribution in [1.29, 1.82) is 0 Å². The molecule has 3 rings (SSSR count). The van der Waals surface area contributed by atoms with Crippen molar-refractivity contribution in [3.63, 3.8) is 0 Å². The van der Waals surface area contributed by atoms with E-state index < -0.39 is 0 Å². The fraction of sp³-hybridized carbons (Fsp3) is 0.235. The maximum absolute atomic E-state index is 12.3. The maximum Gasteiger partial charge on any atom is 0.202 e. The second-order valence-corrected chi connectivity index (χ2v) is 4.88. The van der Waals surface area contributed by atoms with Gasteiger partial charge in [0.15, 0.2) is 0 Å². The van der Waals surface area contributed by atoms with Crippen LogP contribution in [-0.2, 0) is 7.05 Å². The number of benzene rings is 1. The number of aryl methyl sites for hydroxylation is 1. The van der Waals surface area contributed by atoms with Gasteiger partial charge in [-0.2, -0.15) is 0 Å². The van der Waals surface area contributed by atoms with Gasteiger partial charge in [-0.3, -0.25) is 4.79 Å². The zero-order valence-corrected chi connectivity index (χ0v) is 12.3. The normalized spacial score (nSPS) is 11.0. The molecule has 0 fully saturated rings. The summed E-state index contributed by atoms with van der Waals surface area (Å²) < 4.78 is 12.7. The van der Waals surface area contributed by atoms with Crippen LogP contribution in [0.25, 0.3) is 21.8 Å². The second-order valence-electron chi connectivity index (χ2n) is 4.88. The van der Waals surface area contributed by atoms with Crippen LogP contribution >= 0.6 is 0 Å². The third-order valence-corrected chi connectivity index (χ3v) is 3.68. The molecule has 1 aromatic heterocycles. The van der Waals surface area contributed by atoms with Gasteiger partial charge < -0.3 is 14.0 Å². The Labute approximate surface area is 122 Å². The Morgan fingerprint density at radius 3 is 2.52 bits per heavy atom. The van der Waals surface area contributed by atoms with E-state index in [9.17, 15) is 4.79 Å². The predicted molar refractivity (Wildman–Crippen MR) is 84.4 cm³/mol. The van der Waals surface area contributed by atoms with Crippen LogP contribution in [0.5, 0.6) is 11.5 Å². The molecule has 4 nitrogen and oxygen atoms in total. The van der Waals surface area contributed by atoms with Crippen molar-refractivity contribution in [2.24, 2.45) is 7.05 Å². The number of aromatic nitrogens is 1. The van der Waals surface area contributed by atoms with Gasteiger partial charge in [-0.25, -0.2) is 0 Å². The van der Waals surface area contributed by atoms with Crippen molar-refractivity contribution >= 4 is 21.8 Å². The highest BCUT2D eigenvalue weighted by Gasteiger charge is 2.11. The lowest BCUT2D eigenvalue weighted by molar-refractivity contribution is 0.340. The Hall–Kier alpha value is -2.49. The van der Waals surface area contributed by atoms with Gasteiger partial charge in [0.25, 0.3) is 0 Å². The summed E-state index contributed by atoms with van der Waals surface area (Å²) >= 11 is 0. The molecule has 21 heavy (non-hydrogen) atoms. The van der Waals surface area contributed by atoms with Crippen LogP contribution in [0.1, 0.15) is 6.92 Å². The van der Waals surface area contributed by atoms with Gasteiger partial charge in [-0.1, -0.05) is 0 Å². The molecule has 4 heteroatoms. The van der Waals surface area contributed by atoms with Crippen LogP contribution in [0.2, 0.25) is 0 Å². The summed E-state index contributed by atoms with van der Waals surface area (Å²) in [5.74, 6) is 1.48. The van der Waals surface area contributed by atoms with Crippen LogP contribution in [0.3, 0.4) is 0 Å². The Bertz CT molecular complexity index is 880. The van der Waals surface area contributed by atoms with Crippen LogP contribution in [0.4, 0.5) is 0 Å². The quantitative estimate of drug-likeness (QED) is 0.741. The first-order valence-corrected chi connectivity index (χ1v) is 6.89. The largest absolute Gasteiger partial charge is 0.497 e. The molecule has 0 N–H and O–H groups in total. The molecular weight excluding hydrogens is 266 g/mol. The molecule has 108 valence electrons. The fourth-order valence-electron chi connectivity index (χ4n) is 2.70. The Balaban J connectivity index is 2.45. The predicted octanol–water partition coefficient (Wildman–Crippen LogP) is 3.10. The third-order valence-electron chi connectivity index (χ3n) is 3.68. The van der Waals surface area contributed by atoms with Gasteiger partial charge in [-0.15, -0.1) is 0 Å². The lowest BCUT2D eigenvalue weighted by atomic mass is 10.2. The van der Waals surface area contributed by atoms with Gasteiger partial charge in [0.05, 0.1) is 24.8 Å². The minimum atomic E-state index is -0.0232. The highest BCUT2D eigenvalue weighted by molar-refractivity contribution is 6.08. The lowest BCUT2D eigenvalue weighted by Crippen LogP contribution is -2.01. The van der Waals surface area contributed by atoms with Gasteiger partial charge in [0, 0.05) is 23.9 Å². The summed E-state index contributed by atoms with van der Waals surface area (Å²) in [6, 6.07) is 11.0. The number of methoxy groups -OCH3 is 1. The minimum absolute atomic E-state index is 0.0232. The molecule has 0 unspecified atom stereocenters. The highest BCUT2D eigenvalue weighted by atomic mass is 16.5. The van der Waals surface area contributed by atoms with Crippen molar-refractivity contribution in [2.75, 3.05) is 13.7 Å². The van der Waals surface area contributed by atoms with E-state index in [-0.39, 0.29) is 5.43 Å². The van der Waals surface area contributed by atoms with E-state index >= 15 is 0 Å². The monoisotopic (exact) mass is 283 g/mol. The average Bonchev–Trinajstić information content (AvgIpc) is 2.65. The lowest BCUT2D eigenvalue weighted by Gasteiger charge is -2.03. The van der Waals surface area contributed by atoms with Crippen molar-refractivity contribution in [3.8, 4) is 11.5 Å². The smallest absolute Gasteiger partial charge is 0.202 e. The summed E-state index contributed by atoms with van der Waals surface area (Å²) in [6.07, 6.45) is 0. The molecule has 0 atom stereocenters. The van der Waals surface area contributed by atoms with E-state index in [0.717, 1.165) is 22.0 Å². The molecule has 0 radical (unpaired) electrons. The zero-order chi connectivity index (χ0) is 15.0. The standard InChI is InChI=1S/C17H17NO3/c1-4-21-12-5-7-13-14-9-11(20-3)6-8-16(19)17(14)18(2)15(13)10-12/h5-10H,4H2,1-3H3. The van der Waals surface area contributed by atoms with Gasteiger partial charge in [0.2, 0.25) is 5.43 Å². The number of ether oxygens (including phenoxy) is 2. The van der Waals surface area contributed by atoms with E-state index in [2.05, 4.69) is 0 Å². The van der Waals surface area contributed by atoms with Crippen LogP contribution < -0.4 is 14.9 Å². The van der Waals surface area contributed by atoms with Crippen molar-refractivity contribution in [1.82, 2.24) is 4.57 Å². The van der Waals surface area contributed by atoms with Gasteiger partial charge >= 0.3 is 0 Å². The number of hydrogen-bond acceptors (Lipinski definition) is 3. The van der Waals surface area contributed by atoms with Gasteiger partial charge in [0.1, 0.15) is 11.5 Å². The molecule has 0 aliphatic carbocycles. The Morgan fingerprint density at radius 2 is 1.81 bits per heavy atom. The van der Waals surface area contributed by atoms with E-state index in [0.29, 0.717) is 17.9 Å². The first kappa shape index (κ1) is 13.5. The molecule has 0 saturated heterocycles. The van der Waals surface area contributed by atoms with E-state index in [1.807, 2.05) is 42.8 Å². The maximum atomic E-state index is 12.3. The second kappa shape index (κ2) is 5.13. The van der Waals surface area contributed by atoms with Crippen LogP contribution in [0.15, 0.2) is 41.2 Å². The minimum Gasteiger partial charge on any atom is -0.497 e. The molecule has 0 aliphatic heterocycles. The Morgan fingerprint density at radius 1 is 1.05 bits per heavy atom. The number of hydrogen-bond donors (Lipinski definition) is 0. The Kier molecular flexibility index (Phi) is 3.29. The molecule has 0 spiro atoms. The number of nitrogens with zero attached hydrogens (tertiary/aromatic N) is 1. The number of fused-ring (bicyclic) bond motifs is 3. The summed E-state index contributed by atoms with van der Waals surface area (Å²) in [5.41, 5.74) is 1.62. The van der Waals surface area contributed by atoms with Crippen LogP contribution in [-0.4, -0.2) is 18.3 Å². The topological polar surface area (TPSA) is 40.5 Å². The van der Waals surface area contributed by atoms with E-state index in [1.54, 1.807) is 19.2 Å². The molecule has 2 aromatic carbocycles. The molecule has 0 amide bonds. The molecule has 0 bridgehead atoms. The third kappa shape index (κ3) is 2.13. The summed E-state index contributed by atoms with van der Waals surface area (Å²) in [7, 11) is 3.50. The summed E-state index contributed by atoms with van der Waals surface area (Å²) in [4.78, 5) is 12.3. The van der Waals surface area contributed by atoms with Crippen molar-refractivity contribution < 1.29 is 9.47 Å².